The zero-order valence-corrected chi connectivity index (χ0v) is 10.9. The normalized spacial score (nSPS) is 12.5. The van der Waals surface area contributed by atoms with Crippen molar-refractivity contribution in [2.75, 3.05) is 0 Å². The van der Waals surface area contributed by atoms with E-state index in [1.165, 1.54) is 12.1 Å². The molecule has 1 unspecified atom stereocenters. The van der Waals surface area contributed by atoms with Crippen molar-refractivity contribution in [3.05, 3.63) is 64.2 Å². The van der Waals surface area contributed by atoms with E-state index < -0.39 is 0 Å². The van der Waals surface area contributed by atoms with Crippen LogP contribution in [0.1, 0.15) is 34.1 Å². The number of hydrogen-bond acceptors (Lipinski definition) is 2. The van der Waals surface area contributed by atoms with Gasteiger partial charge in [-0.1, -0.05) is 12.1 Å². The lowest BCUT2D eigenvalue weighted by Crippen LogP contribution is -2.14. The molecule has 1 aromatic carbocycles. The molecule has 0 bridgehead atoms. The maximum absolute atomic E-state index is 13.4. The van der Waals surface area contributed by atoms with Gasteiger partial charge >= 0.3 is 0 Å². The number of halogens is 1. The van der Waals surface area contributed by atoms with Crippen molar-refractivity contribution in [2.24, 2.45) is 5.73 Å². The van der Waals surface area contributed by atoms with E-state index in [0.29, 0.717) is 0 Å². The molecule has 0 radical (unpaired) electrons. The largest absolute Gasteiger partial charge is 0.320 e. The topological polar surface area (TPSA) is 38.9 Å². The van der Waals surface area contributed by atoms with Crippen molar-refractivity contribution < 1.29 is 4.39 Å². The second-order valence-corrected chi connectivity index (χ2v) is 4.67. The molecule has 0 saturated carbocycles. The number of aromatic nitrogens is 1. The first-order valence-electron chi connectivity index (χ1n) is 5.94. The Bertz CT molecular complexity index is 558. The van der Waals surface area contributed by atoms with Crippen LogP contribution in [-0.2, 0) is 0 Å². The molecule has 0 aliphatic carbocycles. The minimum Gasteiger partial charge on any atom is -0.320 e. The van der Waals surface area contributed by atoms with Crippen LogP contribution in [0.3, 0.4) is 0 Å². The fourth-order valence-electron chi connectivity index (χ4n) is 2.15. The Morgan fingerprint density at radius 1 is 1.11 bits per heavy atom. The Kier molecular flexibility index (Phi) is 3.43. The van der Waals surface area contributed by atoms with E-state index in [1.54, 1.807) is 0 Å². The number of nitrogens with zero attached hydrogens (tertiary/aromatic N) is 1. The van der Waals surface area contributed by atoms with Gasteiger partial charge in [0.15, 0.2) is 0 Å². The summed E-state index contributed by atoms with van der Waals surface area (Å²) < 4.78 is 13.4. The molecule has 1 atom stereocenters. The molecule has 94 valence electrons. The highest BCUT2D eigenvalue weighted by atomic mass is 19.1. The molecule has 1 aromatic heterocycles. The Hall–Kier alpha value is -1.74. The summed E-state index contributed by atoms with van der Waals surface area (Å²) in [5, 5.41) is 0. The molecule has 0 fully saturated rings. The Morgan fingerprint density at radius 3 is 2.44 bits per heavy atom. The van der Waals surface area contributed by atoms with E-state index in [2.05, 4.69) is 4.98 Å². The van der Waals surface area contributed by atoms with Crippen LogP contribution in [0.2, 0.25) is 0 Å². The quantitative estimate of drug-likeness (QED) is 0.881. The monoisotopic (exact) mass is 244 g/mol. The van der Waals surface area contributed by atoms with Crippen LogP contribution in [0.15, 0.2) is 30.3 Å². The highest BCUT2D eigenvalue weighted by Crippen LogP contribution is 2.23. The summed E-state index contributed by atoms with van der Waals surface area (Å²) in [5.41, 5.74) is 10.6. The molecule has 0 aliphatic rings. The first kappa shape index (κ1) is 12.7. The van der Waals surface area contributed by atoms with Crippen LogP contribution in [0.5, 0.6) is 0 Å². The Balaban J connectivity index is 2.44. The number of rotatable bonds is 2. The van der Waals surface area contributed by atoms with Gasteiger partial charge in [-0.25, -0.2) is 4.39 Å². The van der Waals surface area contributed by atoms with Gasteiger partial charge in [-0.15, -0.1) is 0 Å². The van der Waals surface area contributed by atoms with Gasteiger partial charge in [-0.2, -0.15) is 0 Å². The summed E-state index contributed by atoms with van der Waals surface area (Å²) in [4.78, 5) is 4.39. The summed E-state index contributed by atoms with van der Waals surface area (Å²) in [5.74, 6) is -0.252. The molecule has 0 amide bonds. The van der Waals surface area contributed by atoms with Crippen molar-refractivity contribution in [1.29, 1.82) is 0 Å². The van der Waals surface area contributed by atoms with Crippen molar-refractivity contribution in [2.45, 2.75) is 26.8 Å². The van der Waals surface area contributed by atoms with E-state index >= 15 is 0 Å². The zero-order valence-electron chi connectivity index (χ0n) is 10.9. The van der Waals surface area contributed by atoms with Gasteiger partial charge in [0.2, 0.25) is 0 Å². The third kappa shape index (κ3) is 2.57. The average molecular weight is 244 g/mol. The van der Waals surface area contributed by atoms with Crippen LogP contribution in [0.4, 0.5) is 4.39 Å². The van der Waals surface area contributed by atoms with Crippen molar-refractivity contribution in [1.82, 2.24) is 4.98 Å². The maximum Gasteiger partial charge on any atom is 0.123 e. The standard InChI is InChI=1S/C15H17FN2/c1-9-6-12(8-13(16)7-9)15(17)14-5-4-10(2)18-11(14)3/h4-8,15H,17H2,1-3H3. The van der Waals surface area contributed by atoms with E-state index in [9.17, 15) is 4.39 Å². The average Bonchev–Trinajstić information content (AvgIpc) is 2.26. The predicted molar refractivity (Wildman–Crippen MR) is 70.9 cm³/mol. The van der Waals surface area contributed by atoms with Crippen molar-refractivity contribution in [3.63, 3.8) is 0 Å². The Labute approximate surface area is 107 Å². The molecule has 2 N–H and O–H groups in total. The number of benzene rings is 1. The van der Waals surface area contributed by atoms with Crippen molar-refractivity contribution in [3.8, 4) is 0 Å². The van der Waals surface area contributed by atoms with Crippen LogP contribution < -0.4 is 5.73 Å². The number of nitrogens with two attached hydrogens (primary N) is 1. The van der Waals surface area contributed by atoms with Crippen LogP contribution in [0, 0.1) is 26.6 Å². The molecule has 2 rings (SSSR count). The molecule has 1 heterocycles. The number of hydrogen-bond donors (Lipinski definition) is 1. The summed E-state index contributed by atoms with van der Waals surface area (Å²) in [6.45, 7) is 5.72. The van der Waals surface area contributed by atoms with Crippen LogP contribution >= 0.6 is 0 Å². The molecule has 3 heteroatoms. The SMILES string of the molecule is Cc1cc(F)cc(C(N)c2ccc(C)nc2C)c1. The minimum atomic E-state index is -0.340. The van der Waals surface area contributed by atoms with Crippen LogP contribution in [-0.4, -0.2) is 4.98 Å². The third-order valence-corrected chi connectivity index (χ3v) is 3.02. The Morgan fingerprint density at radius 2 is 1.83 bits per heavy atom. The first-order chi connectivity index (χ1) is 8.47. The van der Waals surface area contributed by atoms with E-state index in [0.717, 1.165) is 28.1 Å². The van der Waals surface area contributed by atoms with Gasteiger partial charge in [-0.3, -0.25) is 4.98 Å². The predicted octanol–water partition coefficient (Wildman–Crippen LogP) is 3.19. The van der Waals surface area contributed by atoms with Gasteiger partial charge in [0, 0.05) is 11.4 Å². The second-order valence-electron chi connectivity index (χ2n) is 4.67. The van der Waals surface area contributed by atoms with Gasteiger partial charge in [0.1, 0.15) is 5.82 Å². The van der Waals surface area contributed by atoms with E-state index in [4.69, 9.17) is 5.73 Å². The fraction of sp³-hybridized carbons (Fsp3) is 0.267. The summed E-state index contributed by atoms with van der Waals surface area (Å²) >= 11 is 0. The number of aryl methyl sites for hydroxylation is 3. The van der Waals surface area contributed by atoms with Gasteiger partial charge in [-0.05, 0) is 55.7 Å². The molecule has 0 saturated heterocycles. The van der Waals surface area contributed by atoms with Gasteiger partial charge in [0.05, 0.1) is 6.04 Å². The molecule has 0 aliphatic heterocycles. The molecular formula is C15H17FN2. The molecule has 0 spiro atoms. The van der Waals surface area contributed by atoms with Gasteiger partial charge < -0.3 is 5.73 Å². The lowest BCUT2D eigenvalue weighted by molar-refractivity contribution is 0.622. The van der Waals surface area contributed by atoms with Crippen molar-refractivity contribution >= 4 is 0 Å². The lowest BCUT2D eigenvalue weighted by atomic mass is 9.97. The second kappa shape index (κ2) is 4.86. The lowest BCUT2D eigenvalue weighted by Gasteiger charge is -2.15. The van der Waals surface area contributed by atoms with E-state index in [1.807, 2.05) is 39.0 Å². The smallest absolute Gasteiger partial charge is 0.123 e. The summed E-state index contributed by atoms with van der Waals surface area (Å²) in [7, 11) is 0. The number of pyridine rings is 1. The zero-order chi connectivity index (χ0) is 13.3. The fourth-order valence-corrected chi connectivity index (χ4v) is 2.15. The maximum atomic E-state index is 13.4. The third-order valence-electron chi connectivity index (χ3n) is 3.02. The molecular weight excluding hydrogens is 227 g/mol. The highest BCUT2D eigenvalue weighted by molar-refractivity contribution is 5.36. The van der Waals surface area contributed by atoms with Crippen LogP contribution in [0.25, 0.3) is 0 Å². The minimum absolute atomic E-state index is 0.252. The van der Waals surface area contributed by atoms with Gasteiger partial charge in [0.25, 0.3) is 0 Å². The highest BCUT2D eigenvalue weighted by Gasteiger charge is 2.13. The molecule has 2 nitrogen and oxygen atoms in total. The summed E-state index contributed by atoms with van der Waals surface area (Å²) in [6.07, 6.45) is 0. The molecule has 2 aromatic rings. The first-order valence-corrected chi connectivity index (χ1v) is 5.94. The van der Waals surface area contributed by atoms with E-state index in [-0.39, 0.29) is 11.9 Å². The summed E-state index contributed by atoms with van der Waals surface area (Å²) in [6, 6.07) is 8.43. The molecule has 18 heavy (non-hydrogen) atoms.